The smallest absolute Gasteiger partial charge is 0.249 e. The second-order valence-corrected chi connectivity index (χ2v) is 7.92. The van der Waals surface area contributed by atoms with E-state index in [0.29, 0.717) is 18.7 Å². The van der Waals surface area contributed by atoms with Crippen molar-refractivity contribution in [1.82, 2.24) is 4.57 Å². The number of rotatable bonds is 9. The van der Waals surface area contributed by atoms with Crippen molar-refractivity contribution in [3.05, 3.63) is 77.4 Å². The Kier molecular flexibility index (Phi) is 6.26. The largest absolute Gasteiger partial charge is 0.494 e. The van der Waals surface area contributed by atoms with Crippen molar-refractivity contribution in [2.75, 3.05) is 6.61 Å². The summed E-state index contributed by atoms with van der Waals surface area (Å²) in [4.78, 5) is 12.2. The molecule has 0 fully saturated rings. The summed E-state index contributed by atoms with van der Waals surface area (Å²) in [5.41, 5.74) is 10.7. The van der Waals surface area contributed by atoms with Gasteiger partial charge in [0.1, 0.15) is 5.75 Å². The van der Waals surface area contributed by atoms with Crippen molar-refractivity contribution >= 4 is 27.7 Å². The Balaban J connectivity index is 1.91. The fraction of sp³-hybridized carbons (Fsp3) is 0.296. The third-order valence-electron chi connectivity index (χ3n) is 5.79. The number of ether oxygens (including phenoxy) is 1. The van der Waals surface area contributed by atoms with Gasteiger partial charge < -0.3 is 15.0 Å². The number of primary amides is 1. The van der Waals surface area contributed by atoms with Gasteiger partial charge in [0.05, 0.1) is 24.2 Å². The van der Waals surface area contributed by atoms with Gasteiger partial charge >= 0.3 is 0 Å². The van der Waals surface area contributed by atoms with Crippen LogP contribution in [0.15, 0.2) is 54.6 Å². The fourth-order valence-electron chi connectivity index (χ4n) is 4.30. The standard InChI is InChI=1S/C27H29N2O2/c1-3-5-6-10-19-15-16-21-24(17-19)29(18-20-11-7-8-14-25(20)31-4-2)23-13-9-12-22(26(21)23)27(28)30/h7-9,11-15,17H,3-6,10,18H2,1-2H3,(H2,28,30). The van der Waals surface area contributed by atoms with Crippen molar-refractivity contribution in [3.63, 3.8) is 0 Å². The number of para-hydroxylation sites is 1. The van der Waals surface area contributed by atoms with Crippen LogP contribution in [0.25, 0.3) is 21.8 Å². The molecule has 4 rings (SSSR count). The molecule has 1 amide bonds. The molecule has 3 aromatic carbocycles. The summed E-state index contributed by atoms with van der Waals surface area (Å²) >= 11 is 0. The minimum atomic E-state index is -0.417. The van der Waals surface area contributed by atoms with Crippen LogP contribution in [0.3, 0.4) is 0 Å². The first kappa shape index (κ1) is 21.0. The third kappa shape index (κ3) is 4.15. The fourth-order valence-corrected chi connectivity index (χ4v) is 4.30. The van der Waals surface area contributed by atoms with Crippen LogP contribution in [0.1, 0.15) is 54.6 Å². The summed E-state index contributed by atoms with van der Waals surface area (Å²) in [5, 5.41) is 1.82. The van der Waals surface area contributed by atoms with Crippen LogP contribution in [-0.4, -0.2) is 17.1 Å². The summed E-state index contributed by atoms with van der Waals surface area (Å²) in [7, 11) is 0. The Bertz CT molecular complexity index is 1220. The lowest BCUT2D eigenvalue weighted by Gasteiger charge is -2.13. The second-order valence-electron chi connectivity index (χ2n) is 7.92. The van der Waals surface area contributed by atoms with Gasteiger partial charge in [-0.05, 0) is 55.7 Å². The van der Waals surface area contributed by atoms with E-state index >= 15 is 0 Å². The normalized spacial score (nSPS) is 11.3. The molecule has 1 aromatic heterocycles. The number of hydrogen-bond donors (Lipinski definition) is 1. The van der Waals surface area contributed by atoms with E-state index in [0.717, 1.165) is 46.0 Å². The van der Waals surface area contributed by atoms with Gasteiger partial charge in [0.25, 0.3) is 0 Å². The lowest BCUT2D eigenvalue weighted by molar-refractivity contribution is 0.100. The molecule has 159 valence electrons. The van der Waals surface area contributed by atoms with Crippen LogP contribution in [0.4, 0.5) is 0 Å². The van der Waals surface area contributed by atoms with E-state index in [1.54, 1.807) is 6.07 Å². The first-order chi connectivity index (χ1) is 15.1. The molecule has 0 atom stereocenters. The minimum Gasteiger partial charge on any atom is -0.494 e. The van der Waals surface area contributed by atoms with Crippen molar-refractivity contribution < 1.29 is 9.53 Å². The van der Waals surface area contributed by atoms with Crippen LogP contribution in [0.2, 0.25) is 0 Å². The molecule has 0 saturated heterocycles. The second kappa shape index (κ2) is 9.25. The van der Waals surface area contributed by atoms with E-state index in [1.165, 1.54) is 18.4 Å². The summed E-state index contributed by atoms with van der Waals surface area (Å²) in [6.07, 6.45) is 4.60. The molecule has 1 radical (unpaired) electrons. The molecule has 0 aliphatic carbocycles. The Morgan fingerprint density at radius 3 is 2.68 bits per heavy atom. The summed E-state index contributed by atoms with van der Waals surface area (Å²) in [5.74, 6) is 0.467. The lowest BCUT2D eigenvalue weighted by Crippen LogP contribution is -2.11. The maximum Gasteiger partial charge on any atom is 0.249 e. The molecule has 4 aromatic rings. The molecular formula is C27H29N2O2. The highest BCUT2D eigenvalue weighted by Gasteiger charge is 2.18. The highest BCUT2D eigenvalue weighted by molar-refractivity contribution is 6.17. The highest BCUT2D eigenvalue weighted by Crippen LogP contribution is 2.34. The zero-order chi connectivity index (χ0) is 21.8. The van der Waals surface area contributed by atoms with Gasteiger partial charge in [0, 0.05) is 21.9 Å². The number of aryl methyl sites for hydroxylation is 1. The Hall–Kier alpha value is -3.27. The monoisotopic (exact) mass is 413 g/mol. The number of hydrogen-bond acceptors (Lipinski definition) is 2. The molecule has 4 nitrogen and oxygen atoms in total. The maximum atomic E-state index is 12.2. The number of amides is 1. The van der Waals surface area contributed by atoms with E-state index < -0.39 is 5.91 Å². The van der Waals surface area contributed by atoms with Crippen molar-refractivity contribution in [2.45, 2.75) is 46.1 Å². The van der Waals surface area contributed by atoms with Crippen LogP contribution in [0.5, 0.6) is 5.75 Å². The predicted octanol–water partition coefficient (Wildman–Crippen LogP) is 5.87. The van der Waals surface area contributed by atoms with Crippen molar-refractivity contribution in [1.29, 1.82) is 0 Å². The summed E-state index contributed by atoms with van der Waals surface area (Å²) in [6.45, 7) is 5.47. The van der Waals surface area contributed by atoms with Gasteiger partial charge in [-0.15, -0.1) is 0 Å². The number of nitrogens with zero attached hydrogens (tertiary/aromatic N) is 1. The van der Waals surface area contributed by atoms with Crippen molar-refractivity contribution in [2.24, 2.45) is 5.73 Å². The number of benzene rings is 3. The molecule has 0 spiro atoms. The average molecular weight is 414 g/mol. The van der Waals surface area contributed by atoms with E-state index in [1.807, 2.05) is 31.2 Å². The predicted molar refractivity (Wildman–Crippen MR) is 127 cm³/mol. The Morgan fingerprint density at radius 2 is 1.90 bits per heavy atom. The molecule has 2 N–H and O–H groups in total. The maximum absolute atomic E-state index is 12.2. The SMILES string of the molecule is CCCCCc1c[c]c2c3c(C(N)=O)cccc3n(Cc3ccccc3OCC)c2c1. The molecular weight excluding hydrogens is 384 g/mol. The third-order valence-corrected chi connectivity index (χ3v) is 5.79. The van der Waals surface area contributed by atoms with E-state index in [9.17, 15) is 4.79 Å². The number of aromatic nitrogens is 1. The highest BCUT2D eigenvalue weighted by atomic mass is 16.5. The molecule has 0 bridgehead atoms. The van der Waals surface area contributed by atoms with E-state index in [-0.39, 0.29) is 0 Å². The quantitative estimate of drug-likeness (QED) is 0.349. The minimum absolute atomic E-state index is 0.417. The average Bonchev–Trinajstić information content (AvgIpc) is 3.08. The first-order valence-electron chi connectivity index (χ1n) is 11.1. The molecule has 0 aliphatic heterocycles. The number of nitrogens with two attached hydrogens (primary N) is 1. The zero-order valence-corrected chi connectivity index (χ0v) is 18.3. The topological polar surface area (TPSA) is 57.2 Å². The Labute approximate surface area is 183 Å². The molecule has 0 saturated carbocycles. The Morgan fingerprint density at radius 1 is 1.06 bits per heavy atom. The number of unbranched alkanes of at least 4 members (excludes halogenated alkanes) is 2. The first-order valence-corrected chi connectivity index (χ1v) is 11.1. The molecule has 1 heterocycles. The van der Waals surface area contributed by atoms with Gasteiger partial charge in [0.2, 0.25) is 5.91 Å². The van der Waals surface area contributed by atoms with Crippen LogP contribution < -0.4 is 10.5 Å². The van der Waals surface area contributed by atoms with E-state index in [4.69, 9.17) is 10.5 Å². The molecule has 31 heavy (non-hydrogen) atoms. The van der Waals surface area contributed by atoms with E-state index in [2.05, 4.69) is 41.8 Å². The van der Waals surface area contributed by atoms with Gasteiger partial charge in [0.15, 0.2) is 0 Å². The van der Waals surface area contributed by atoms with Gasteiger partial charge in [-0.1, -0.05) is 50.1 Å². The van der Waals surface area contributed by atoms with Crippen LogP contribution in [0, 0.1) is 6.07 Å². The summed E-state index contributed by atoms with van der Waals surface area (Å²) < 4.78 is 8.12. The van der Waals surface area contributed by atoms with Gasteiger partial charge in [-0.25, -0.2) is 0 Å². The van der Waals surface area contributed by atoms with Crippen LogP contribution >= 0.6 is 0 Å². The molecule has 0 unspecified atom stereocenters. The summed E-state index contributed by atoms with van der Waals surface area (Å²) in [6, 6.07) is 21.6. The van der Waals surface area contributed by atoms with Gasteiger partial charge in [-0.3, -0.25) is 4.79 Å². The number of carbonyl (C=O) groups excluding carboxylic acids is 1. The number of carbonyl (C=O) groups is 1. The van der Waals surface area contributed by atoms with Crippen molar-refractivity contribution in [3.8, 4) is 5.75 Å². The molecule has 0 aliphatic rings. The van der Waals surface area contributed by atoms with Crippen LogP contribution in [-0.2, 0) is 13.0 Å². The molecule has 4 heteroatoms. The zero-order valence-electron chi connectivity index (χ0n) is 18.3. The number of fused-ring (bicyclic) bond motifs is 3. The van der Waals surface area contributed by atoms with Gasteiger partial charge in [-0.2, -0.15) is 0 Å². The lowest BCUT2D eigenvalue weighted by atomic mass is 10.0.